The number of aromatic nitrogens is 3. The standard InChI is InChI=1S/C14H20N4/c1-10(2)9-18-14(13(8-15)16-17-18)12-6-4-11(3)5-7-12/h4-7,10H,8-9,15H2,1-3H3. The lowest BCUT2D eigenvalue weighted by atomic mass is 10.1. The van der Waals surface area contributed by atoms with E-state index in [9.17, 15) is 0 Å². The van der Waals surface area contributed by atoms with E-state index in [1.807, 2.05) is 4.68 Å². The molecule has 1 aromatic carbocycles. The lowest BCUT2D eigenvalue weighted by Gasteiger charge is -2.10. The van der Waals surface area contributed by atoms with Crippen LogP contribution in [0.15, 0.2) is 24.3 Å². The van der Waals surface area contributed by atoms with E-state index in [0.29, 0.717) is 12.5 Å². The maximum atomic E-state index is 5.75. The maximum Gasteiger partial charge on any atom is 0.104 e. The predicted molar refractivity (Wildman–Crippen MR) is 72.9 cm³/mol. The van der Waals surface area contributed by atoms with Crippen molar-refractivity contribution in [3.63, 3.8) is 0 Å². The van der Waals surface area contributed by atoms with E-state index in [4.69, 9.17) is 5.73 Å². The van der Waals surface area contributed by atoms with Crippen molar-refractivity contribution in [3.8, 4) is 11.3 Å². The Morgan fingerprint density at radius 1 is 1.22 bits per heavy atom. The van der Waals surface area contributed by atoms with E-state index in [-0.39, 0.29) is 0 Å². The molecule has 96 valence electrons. The maximum absolute atomic E-state index is 5.75. The molecule has 0 atom stereocenters. The third-order valence-corrected chi connectivity index (χ3v) is 2.86. The van der Waals surface area contributed by atoms with Crippen molar-refractivity contribution in [2.75, 3.05) is 0 Å². The van der Waals surface area contributed by atoms with Gasteiger partial charge in [0, 0.05) is 18.7 Å². The molecule has 2 rings (SSSR count). The molecule has 0 aliphatic carbocycles. The number of rotatable bonds is 4. The highest BCUT2D eigenvalue weighted by Crippen LogP contribution is 2.23. The van der Waals surface area contributed by atoms with E-state index in [0.717, 1.165) is 23.5 Å². The summed E-state index contributed by atoms with van der Waals surface area (Å²) < 4.78 is 1.96. The summed E-state index contributed by atoms with van der Waals surface area (Å²) in [6, 6.07) is 8.40. The van der Waals surface area contributed by atoms with Crippen LogP contribution in [-0.2, 0) is 13.1 Å². The number of nitrogens with zero attached hydrogens (tertiary/aromatic N) is 3. The first kappa shape index (κ1) is 12.8. The zero-order valence-corrected chi connectivity index (χ0v) is 11.2. The molecule has 1 heterocycles. The molecule has 2 N–H and O–H groups in total. The third kappa shape index (κ3) is 2.59. The van der Waals surface area contributed by atoms with Crippen molar-refractivity contribution in [1.82, 2.24) is 15.0 Å². The fraction of sp³-hybridized carbons (Fsp3) is 0.429. The zero-order valence-electron chi connectivity index (χ0n) is 11.2. The molecule has 0 fully saturated rings. The van der Waals surface area contributed by atoms with Gasteiger partial charge in [0.15, 0.2) is 0 Å². The molecule has 0 unspecified atom stereocenters. The lowest BCUT2D eigenvalue weighted by Crippen LogP contribution is -2.08. The van der Waals surface area contributed by atoms with E-state index in [1.165, 1.54) is 5.56 Å². The highest BCUT2D eigenvalue weighted by molar-refractivity contribution is 5.62. The first-order valence-corrected chi connectivity index (χ1v) is 6.31. The first-order chi connectivity index (χ1) is 8.61. The second-order valence-electron chi connectivity index (χ2n) is 5.03. The van der Waals surface area contributed by atoms with Crippen LogP contribution in [0.2, 0.25) is 0 Å². The quantitative estimate of drug-likeness (QED) is 0.898. The normalized spacial score (nSPS) is 11.2. The van der Waals surface area contributed by atoms with Gasteiger partial charge in [0.1, 0.15) is 5.69 Å². The van der Waals surface area contributed by atoms with Gasteiger partial charge >= 0.3 is 0 Å². The zero-order chi connectivity index (χ0) is 13.1. The summed E-state index contributed by atoms with van der Waals surface area (Å²) in [4.78, 5) is 0. The van der Waals surface area contributed by atoms with Crippen molar-refractivity contribution >= 4 is 0 Å². The summed E-state index contributed by atoms with van der Waals surface area (Å²) >= 11 is 0. The molecular weight excluding hydrogens is 224 g/mol. The molecule has 0 bridgehead atoms. The van der Waals surface area contributed by atoms with Crippen LogP contribution in [0.3, 0.4) is 0 Å². The summed E-state index contributed by atoms with van der Waals surface area (Å²) in [5.41, 5.74) is 10.0. The molecule has 0 saturated heterocycles. The molecule has 1 aromatic heterocycles. The van der Waals surface area contributed by atoms with Crippen LogP contribution in [0.25, 0.3) is 11.3 Å². The molecule has 0 amide bonds. The van der Waals surface area contributed by atoms with Gasteiger partial charge in [-0.15, -0.1) is 5.10 Å². The molecular formula is C14H20N4. The largest absolute Gasteiger partial charge is 0.325 e. The lowest BCUT2D eigenvalue weighted by molar-refractivity contribution is 0.475. The molecule has 0 saturated carbocycles. The van der Waals surface area contributed by atoms with E-state index < -0.39 is 0 Å². The van der Waals surface area contributed by atoms with Gasteiger partial charge in [-0.05, 0) is 12.8 Å². The average molecular weight is 244 g/mol. The summed E-state index contributed by atoms with van der Waals surface area (Å²) in [6.45, 7) is 7.69. The second kappa shape index (κ2) is 5.31. The van der Waals surface area contributed by atoms with Gasteiger partial charge in [-0.25, -0.2) is 4.68 Å². The fourth-order valence-electron chi connectivity index (χ4n) is 1.99. The van der Waals surface area contributed by atoms with Gasteiger partial charge < -0.3 is 5.73 Å². The Kier molecular flexibility index (Phi) is 3.77. The summed E-state index contributed by atoms with van der Waals surface area (Å²) in [7, 11) is 0. The van der Waals surface area contributed by atoms with Gasteiger partial charge in [0.25, 0.3) is 0 Å². The van der Waals surface area contributed by atoms with Crippen molar-refractivity contribution in [2.45, 2.75) is 33.9 Å². The van der Waals surface area contributed by atoms with Gasteiger partial charge in [-0.1, -0.05) is 48.9 Å². The third-order valence-electron chi connectivity index (χ3n) is 2.86. The molecule has 4 nitrogen and oxygen atoms in total. The molecule has 0 aliphatic rings. The van der Waals surface area contributed by atoms with Crippen molar-refractivity contribution in [1.29, 1.82) is 0 Å². The summed E-state index contributed by atoms with van der Waals surface area (Å²) in [5.74, 6) is 0.529. The molecule has 0 radical (unpaired) electrons. The monoisotopic (exact) mass is 244 g/mol. The van der Waals surface area contributed by atoms with Gasteiger partial charge in [-0.3, -0.25) is 0 Å². The summed E-state index contributed by atoms with van der Waals surface area (Å²) in [5, 5.41) is 8.39. The second-order valence-corrected chi connectivity index (χ2v) is 5.03. The number of nitrogens with two attached hydrogens (primary N) is 1. The Morgan fingerprint density at radius 3 is 2.44 bits per heavy atom. The van der Waals surface area contributed by atoms with E-state index in [1.54, 1.807) is 0 Å². The Labute approximate surface area is 108 Å². The van der Waals surface area contributed by atoms with Crippen LogP contribution in [0.5, 0.6) is 0 Å². The number of aryl methyl sites for hydroxylation is 1. The minimum Gasteiger partial charge on any atom is -0.325 e. The number of benzene rings is 1. The van der Waals surface area contributed by atoms with Crippen molar-refractivity contribution in [2.24, 2.45) is 11.7 Å². The van der Waals surface area contributed by atoms with Crippen LogP contribution in [0.1, 0.15) is 25.1 Å². The first-order valence-electron chi connectivity index (χ1n) is 6.31. The topological polar surface area (TPSA) is 56.7 Å². The van der Waals surface area contributed by atoms with Crippen LogP contribution in [0, 0.1) is 12.8 Å². The van der Waals surface area contributed by atoms with Gasteiger partial charge in [-0.2, -0.15) is 0 Å². The highest BCUT2D eigenvalue weighted by atomic mass is 15.4. The Bertz CT molecular complexity index is 511. The van der Waals surface area contributed by atoms with E-state index in [2.05, 4.69) is 55.3 Å². The number of hydrogen-bond donors (Lipinski definition) is 1. The van der Waals surface area contributed by atoms with Crippen molar-refractivity contribution < 1.29 is 0 Å². The Morgan fingerprint density at radius 2 is 1.89 bits per heavy atom. The van der Waals surface area contributed by atoms with Crippen LogP contribution in [0.4, 0.5) is 0 Å². The molecule has 2 aromatic rings. The highest BCUT2D eigenvalue weighted by Gasteiger charge is 2.14. The Hall–Kier alpha value is -1.68. The van der Waals surface area contributed by atoms with Crippen LogP contribution >= 0.6 is 0 Å². The average Bonchev–Trinajstić information content (AvgIpc) is 2.72. The molecule has 18 heavy (non-hydrogen) atoms. The predicted octanol–water partition coefficient (Wildman–Crippen LogP) is 2.37. The summed E-state index contributed by atoms with van der Waals surface area (Å²) in [6.07, 6.45) is 0. The molecule has 0 spiro atoms. The fourth-order valence-corrected chi connectivity index (χ4v) is 1.99. The molecule has 4 heteroatoms. The minimum absolute atomic E-state index is 0.418. The van der Waals surface area contributed by atoms with E-state index >= 15 is 0 Å². The minimum atomic E-state index is 0.418. The van der Waals surface area contributed by atoms with Crippen LogP contribution in [-0.4, -0.2) is 15.0 Å². The van der Waals surface area contributed by atoms with Crippen molar-refractivity contribution in [3.05, 3.63) is 35.5 Å². The Balaban J connectivity index is 2.46. The van der Waals surface area contributed by atoms with Crippen LogP contribution < -0.4 is 5.73 Å². The smallest absolute Gasteiger partial charge is 0.104 e. The van der Waals surface area contributed by atoms with Gasteiger partial charge in [0.2, 0.25) is 0 Å². The SMILES string of the molecule is Cc1ccc(-c2c(CN)nnn2CC(C)C)cc1. The molecule has 0 aliphatic heterocycles. The van der Waals surface area contributed by atoms with Gasteiger partial charge in [0.05, 0.1) is 5.69 Å². The number of hydrogen-bond acceptors (Lipinski definition) is 3.